The molecule has 6 heteroatoms. The third kappa shape index (κ3) is 4.37. The molecule has 1 aliphatic rings. The van der Waals surface area contributed by atoms with Crippen molar-refractivity contribution in [3.8, 4) is 17.2 Å². The first-order chi connectivity index (χ1) is 14.1. The number of nitrogens with one attached hydrogen (secondary N) is 1. The predicted molar refractivity (Wildman–Crippen MR) is 107 cm³/mol. The first kappa shape index (κ1) is 18.9. The number of fused-ring (bicyclic) bond motifs is 1. The van der Waals surface area contributed by atoms with Crippen LogP contribution in [-0.4, -0.2) is 12.7 Å². The Balaban J connectivity index is 1.36. The average Bonchev–Trinajstić information content (AvgIpc) is 3.40. The molecule has 1 N–H and O–H groups in total. The molecule has 0 aliphatic carbocycles. The zero-order chi connectivity index (χ0) is 20.2. The molecule has 0 saturated carbocycles. The fourth-order valence-corrected chi connectivity index (χ4v) is 3.15. The number of benzene rings is 2. The molecule has 6 nitrogen and oxygen atoms in total. The van der Waals surface area contributed by atoms with Gasteiger partial charge in [0, 0.05) is 6.07 Å². The Labute approximate surface area is 169 Å². The van der Waals surface area contributed by atoms with Gasteiger partial charge >= 0.3 is 0 Å². The van der Waals surface area contributed by atoms with Gasteiger partial charge in [-0.25, -0.2) is 0 Å². The molecule has 29 heavy (non-hydrogen) atoms. The van der Waals surface area contributed by atoms with Crippen LogP contribution in [0.3, 0.4) is 0 Å². The van der Waals surface area contributed by atoms with Gasteiger partial charge in [0.2, 0.25) is 6.79 Å². The van der Waals surface area contributed by atoms with E-state index in [1.54, 1.807) is 30.3 Å². The molecule has 0 bridgehead atoms. The van der Waals surface area contributed by atoms with Crippen molar-refractivity contribution >= 4 is 5.91 Å². The van der Waals surface area contributed by atoms with Crippen LogP contribution in [0.25, 0.3) is 0 Å². The largest absolute Gasteiger partial charge is 0.486 e. The Kier molecular flexibility index (Phi) is 5.42. The summed E-state index contributed by atoms with van der Waals surface area (Å²) in [5, 5.41) is 3.03. The van der Waals surface area contributed by atoms with Gasteiger partial charge in [0.05, 0.1) is 6.04 Å². The molecule has 0 radical (unpaired) electrons. The van der Waals surface area contributed by atoms with E-state index in [2.05, 4.69) is 5.32 Å². The van der Waals surface area contributed by atoms with Crippen LogP contribution in [0.4, 0.5) is 0 Å². The Morgan fingerprint density at radius 3 is 2.66 bits per heavy atom. The maximum atomic E-state index is 12.6. The molecule has 1 atom stereocenters. The summed E-state index contributed by atoms with van der Waals surface area (Å²) in [6, 6.07) is 16.9. The molecule has 0 fully saturated rings. The smallest absolute Gasteiger partial charge is 0.287 e. The SMILES string of the molecule is CCC(NC(=O)c1ccc(COc2ccc3c(c2)OCO3)o1)c1ccc(C)cc1. The fourth-order valence-electron chi connectivity index (χ4n) is 3.15. The van der Waals surface area contributed by atoms with Crippen LogP contribution in [0, 0.1) is 6.92 Å². The summed E-state index contributed by atoms with van der Waals surface area (Å²) in [5.41, 5.74) is 2.26. The van der Waals surface area contributed by atoms with Gasteiger partial charge in [0.15, 0.2) is 17.3 Å². The van der Waals surface area contributed by atoms with Crippen molar-refractivity contribution in [2.24, 2.45) is 0 Å². The first-order valence-corrected chi connectivity index (χ1v) is 9.61. The lowest BCUT2D eigenvalue weighted by Crippen LogP contribution is -2.27. The third-order valence-electron chi connectivity index (χ3n) is 4.80. The van der Waals surface area contributed by atoms with Crippen molar-refractivity contribution in [2.75, 3.05) is 6.79 Å². The third-order valence-corrected chi connectivity index (χ3v) is 4.80. The molecular formula is C23H23NO5. The van der Waals surface area contributed by atoms with Gasteiger partial charge in [0.1, 0.15) is 18.1 Å². The van der Waals surface area contributed by atoms with Gasteiger partial charge in [-0.1, -0.05) is 36.8 Å². The van der Waals surface area contributed by atoms with Crippen molar-refractivity contribution in [3.05, 3.63) is 77.2 Å². The van der Waals surface area contributed by atoms with Crippen LogP contribution in [-0.2, 0) is 6.61 Å². The molecule has 1 aliphatic heterocycles. The van der Waals surface area contributed by atoms with Crippen LogP contribution in [0.5, 0.6) is 17.2 Å². The minimum Gasteiger partial charge on any atom is -0.486 e. The monoisotopic (exact) mass is 393 g/mol. The molecule has 1 amide bonds. The molecule has 0 saturated heterocycles. The Morgan fingerprint density at radius 1 is 1.07 bits per heavy atom. The summed E-state index contributed by atoms with van der Waals surface area (Å²) in [6.07, 6.45) is 0.787. The van der Waals surface area contributed by atoms with Crippen molar-refractivity contribution < 1.29 is 23.4 Å². The summed E-state index contributed by atoms with van der Waals surface area (Å²) in [6.45, 7) is 4.51. The van der Waals surface area contributed by atoms with Crippen LogP contribution < -0.4 is 19.5 Å². The van der Waals surface area contributed by atoms with E-state index in [-0.39, 0.29) is 31.1 Å². The van der Waals surface area contributed by atoms with Gasteiger partial charge < -0.3 is 23.9 Å². The number of rotatable bonds is 7. The van der Waals surface area contributed by atoms with Gasteiger partial charge in [0.25, 0.3) is 5.91 Å². The highest BCUT2D eigenvalue weighted by Crippen LogP contribution is 2.35. The normalized spacial score (nSPS) is 13.2. The van der Waals surface area contributed by atoms with E-state index in [0.29, 0.717) is 23.0 Å². The summed E-state index contributed by atoms with van der Waals surface area (Å²) in [5.74, 6) is 2.59. The van der Waals surface area contributed by atoms with Gasteiger partial charge in [-0.15, -0.1) is 0 Å². The maximum Gasteiger partial charge on any atom is 0.287 e. The molecule has 4 rings (SSSR count). The Bertz CT molecular complexity index is 993. The van der Waals surface area contributed by atoms with Crippen molar-refractivity contribution in [3.63, 3.8) is 0 Å². The van der Waals surface area contributed by atoms with E-state index in [0.717, 1.165) is 12.0 Å². The highest BCUT2D eigenvalue weighted by atomic mass is 16.7. The molecule has 3 aromatic rings. The zero-order valence-electron chi connectivity index (χ0n) is 16.4. The number of hydrogen-bond donors (Lipinski definition) is 1. The Morgan fingerprint density at radius 2 is 1.86 bits per heavy atom. The topological polar surface area (TPSA) is 69.9 Å². The Hall–Kier alpha value is -3.41. The average molecular weight is 393 g/mol. The lowest BCUT2D eigenvalue weighted by atomic mass is 10.0. The minimum absolute atomic E-state index is 0.0680. The van der Waals surface area contributed by atoms with Gasteiger partial charge in [-0.05, 0) is 43.2 Å². The van der Waals surface area contributed by atoms with E-state index >= 15 is 0 Å². The van der Waals surface area contributed by atoms with Crippen molar-refractivity contribution in [1.82, 2.24) is 5.32 Å². The fraction of sp³-hybridized carbons (Fsp3) is 0.261. The summed E-state index contributed by atoms with van der Waals surface area (Å²) < 4.78 is 22.0. The van der Waals surface area contributed by atoms with Crippen LogP contribution in [0.1, 0.15) is 46.8 Å². The second-order valence-electron chi connectivity index (χ2n) is 6.91. The van der Waals surface area contributed by atoms with E-state index in [4.69, 9.17) is 18.6 Å². The van der Waals surface area contributed by atoms with Crippen LogP contribution >= 0.6 is 0 Å². The van der Waals surface area contributed by atoms with Crippen LogP contribution in [0.15, 0.2) is 59.0 Å². The predicted octanol–water partition coefficient (Wildman–Crippen LogP) is 4.78. The molecule has 1 unspecified atom stereocenters. The zero-order valence-corrected chi connectivity index (χ0v) is 16.4. The lowest BCUT2D eigenvalue weighted by Gasteiger charge is -2.17. The number of hydrogen-bond acceptors (Lipinski definition) is 5. The molecule has 1 aromatic heterocycles. The van der Waals surface area contributed by atoms with E-state index in [9.17, 15) is 4.79 Å². The highest BCUT2D eigenvalue weighted by Gasteiger charge is 2.18. The number of carbonyl (C=O) groups is 1. The van der Waals surface area contributed by atoms with Gasteiger partial charge in [-0.3, -0.25) is 4.79 Å². The number of aryl methyl sites for hydroxylation is 1. The highest BCUT2D eigenvalue weighted by molar-refractivity contribution is 5.91. The van der Waals surface area contributed by atoms with Gasteiger partial charge in [-0.2, -0.15) is 0 Å². The first-order valence-electron chi connectivity index (χ1n) is 9.61. The lowest BCUT2D eigenvalue weighted by molar-refractivity contribution is 0.0903. The second kappa shape index (κ2) is 8.31. The maximum absolute atomic E-state index is 12.6. The number of furan rings is 1. The van der Waals surface area contributed by atoms with E-state index < -0.39 is 0 Å². The van der Waals surface area contributed by atoms with Crippen molar-refractivity contribution in [2.45, 2.75) is 32.9 Å². The molecule has 2 aromatic carbocycles. The minimum atomic E-state index is -0.244. The summed E-state index contributed by atoms with van der Waals surface area (Å²) in [4.78, 5) is 12.6. The quantitative estimate of drug-likeness (QED) is 0.626. The molecule has 150 valence electrons. The van der Waals surface area contributed by atoms with Crippen LogP contribution in [0.2, 0.25) is 0 Å². The second-order valence-corrected chi connectivity index (χ2v) is 6.91. The van der Waals surface area contributed by atoms with Crippen molar-refractivity contribution in [1.29, 1.82) is 0 Å². The molecule has 0 spiro atoms. The summed E-state index contributed by atoms with van der Waals surface area (Å²) in [7, 11) is 0. The number of ether oxygens (including phenoxy) is 3. The standard InChI is InChI=1S/C23H23NO5/c1-3-19(16-6-4-15(2)5-7-16)24-23(25)21-11-9-18(29-21)13-26-17-8-10-20-22(12-17)28-14-27-20/h4-12,19H,3,13-14H2,1-2H3,(H,24,25). The van der Waals surface area contributed by atoms with E-state index in [1.807, 2.05) is 38.1 Å². The number of carbonyl (C=O) groups excluding carboxylic acids is 1. The number of amides is 1. The van der Waals surface area contributed by atoms with E-state index in [1.165, 1.54) is 5.56 Å². The summed E-state index contributed by atoms with van der Waals surface area (Å²) >= 11 is 0. The molecule has 2 heterocycles. The molecular weight excluding hydrogens is 370 g/mol.